The standard InChI is InChI=1S/C14H22N2O2S2/c1-5-7-19-8-6-16-20(17,18)14-11(3)9-10(2)13(15)12(14)4/h5,9,16H,1,6-8,15H2,2-4H3. The van der Waals surface area contributed by atoms with Crippen molar-refractivity contribution in [1.82, 2.24) is 4.72 Å². The van der Waals surface area contributed by atoms with E-state index >= 15 is 0 Å². The fourth-order valence-corrected chi connectivity index (χ4v) is 4.30. The minimum absolute atomic E-state index is 0.300. The molecule has 0 aliphatic rings. The van der Waals surface area contributed by atoms with Gasteiger partial charge in [-0.25, -0.2) is 13.1 Å². The number of thioether (sulfide) groups is 1. The predicted molar refractivity (Wildman–Crippen MR) is 87.8 cm³/mol. The molecule has 0 amide bonds. The minimum atomic E-state index is -3.52. The Labute approximate surface area is 125 Å². The normalized spacial score (nSPS) is 11.6. The average Bonchev–Trinajstić information content (AvgIpc) is 2.35. The van der Waals surface area contributed by atoms with Crippen LogP contribution >= 0.6 is 11.8 Å². The molecule has 0 radical (unpaired) electrons. The van der Waals surface area contributed by atoms with E-state index in [2.05, 4.69) is 11.3 Å². The van der Waals surface area contributed by atoms with Gasteiger partial charge < -0.3 is 5.73 Å². The first-order valence-electron chi connectivity index (χ1n) is 6.36. The summed E-state index contributed by atoms with van der Waals surface area (Å²) in [7, 11) is -3.52. The van der Waals surface area contributed by atoms with Gasteiger partial charge in [-0.3, -0.25) is 0 Å². The maximum Gasteiger partial charge on any atom is 0.241 e. The monoisotopic (exact) mass is 314 g/mol. The molecule has 0 atom stereocenters. The quantitative estimate of drug-likeness (QED) is 0.460. The summed E-state index contributed by atoms with van der Waals surface area (Å²) < 4.78 is 27.4. The highest BCUT2D eigenvalue weighted by Crippen LogP contribution is 2.27. The molecule has 0 heterocycles. The van der Waals surface area contributed by atoms with Gasteiger partial charge >= 0.3 is 0 Å². The lowest BCUT2D eigenvalue weighted by molar-refractivity contribution is 0.583. The van der Waals surface area contributed by atoms with Gasteiger partial charge in [0.2, 0.25) is 10.0 Å². The summed E-state index contributed by atoms with van der Waals surface area (Å²) in [4.78, 5) is 0.300. The molecule has 0 aromatic heterocycles. The highest BCUT2D eigenvalue weighted by Gasteiger charge is 2.21. The molecule has 1 aromatic rings. The van der Waals surface area contributed by atoms with Crippen molar-refractivity contribution in [2.24, 2.45) is 0 Å². The van der Waals surface area contributed by atoms with Crippen LogP contribution in [0.15, 0.2) is 23.6 Å². The third-order valence-electron chi connectivity index (χ3n) is 3.00. The van der Waals surface area contributed by atoms with Gasteiger partial charge in [0.1, 0.15) is 0 Å². The minimum Gasteiger partial charge on any atom is -0.398 e. The van der Waals surface area contributed by atoms with Crippen LogP contribution in [-0.2, 0) is 10.0 Å². The van der Waals surface area contributed by atoms with Gasteiger partial charge in [0.05, 0.1) is 4.90 Å². The van der Waals surface area contributed by atoms with Gasteiger partial charge in [-0.15, -0.1) is 6.58 Å². The zero-order valence-corrected chi connectivity index (χ0v) is 13.8. The predicted octanol–water partition coefficient (Wildman–Crippen LogP) is 2.39. The molecule has 0 unspecified atom stereocenters. The lowest BCUT2D eigenvalue weighted by atomic mass is 10.1. The Balaban J connectivity index is 2.93. The maximum atomic E-state index is 12.4. The summed E-state index contributed by atoms with van der Waals surface area (Å²) in [5, 5.41) is 0. The van der Waals surface area contributed by atoms with Crippen LogP contribution in [0.2, 0.25) is 0 Å². The van der Waals surface area contributed by atoms with Crippen molar-refractivity contribution in [3.05, 3.63) is 35.4 Å². The van der Waals surface area contributed by atoms with E-state index < -0.39 is 10.0 Å². The fourth-order valence-electron chi connectivity index (χ4n) is 2.08. The maximum absolute atomic E-state index is 12.4. The van der Waals surface area contributed by atoms with Gasteiger partial charge in [0.25, 0.3) is 0 Å². The SMILES string of the molecule is C=CCSCCNS(=O)(=O)c1c(C)cc(C)c(N)c1C. The first-order chi connectivity index (χ1) is 9.31. The molecule has 0 aliphatic carbocycles. The van der Waals surface area contributed by atoms with E-state index in [1.807, 2.05) is 13.0 Å². The molecule has 3 N–H and O–H groups in total. The Kier molecular flexibility index (Phi) is 6.10. The number of rotatable bonds is 7. The number of aryl methyl sites for hydroxylation is 2. The van der Waals surface area contributed by atoms with Crippen LogP contribution in [0.5, 0.6) is 0 Å². The highest BCUT2D eigenvalue weighted by atomic mass is 32.2. The van der Waals surface area contributed by atoms with Crippen LogP contribution in [-0.4, -0.2) is 26.5 Å². The van der Waals surface area contributed by atoms with E-state index in [4.69, 9.17) is 5.73 Å². The molecule has 0 saturated carbocycles. The third kappa shape index (κ3) is 4.01. The van der Waals surface area contributed by atoms with Gasteiger partial charge in [-0.1, -0.05) is 12.1 Å². The molecular formula is C14H22N2O2S2. The molecule has 1 aromatic carbocycles. The molecule has 0 saturated heterocycles. The van der Waals surface area contributed by atoms with E-state index in [1.165, 1.54) is 0 Å². The van der Waals surface area contributed by atoms with Crippen molar-refractivity contribution in [2.75, 3.05) is 23.8 Å². The summed E-state index contributed by atoms with van der Waals surface area (Å²) in [5.74, 6) is 1.53. The molecule has 0 bridgehead atoms. The number of nitrogen functional groups attached to an aromatic ring is 1. The van der Waals surface area contributed by atoms with Crippen LogP contribution in [0.25, 0.3) is 0 Å². The lowest BCUT2D eigenvalue weighted by Crippen LogP contribution is -2.27. The Morgan fingerprint density at radius 3 is 2.60 bits per heavy atom. The van der Waals surface area contributed by atoms with E-state index in [0.29, 0.717) is 28.4 Å². The second-order valence-electron chi connectivity index (χ2n) is 4.64. The molecule has 112 valence electrons. The molecule has 0 fully saturated rings. The van der Waals surface area contributed by atoms with Crippen LogP contribution in [0, 0.1) is 20.8 Å². The van der Waals surface area contributed by atoms with Crippen molar-refractivity contribution in [3.63, 3.8) is 0 Å². The molecule has 20 heavy (non-hydrogen) atoms. The molecule has 4 nitrogen and oxygen atoms in total. The lowest BCUT2D eigenvalue weighted by Gasteiger charge is -2.15. The van der Waals surface area contributed by atoms with Crippen molar-refractivity contribution < 1.29 is 8.42 Å². The number of hydrogen-bond acceptors (Lipinski definition) is 4. The van der Waals surface area contributed by atoms with Crippen molar-refractivity contribution in [1.29, 1.82) is 0 Å². The van der Waals surface area contributed by atoms with E-state index in [1.54, 1.807) is 31.7 Å². The van der Waals surface area contributed by atoms with Gasteiger partial charge in [0, 0.05) is 23.7 Å². The summed E-state index contributed by atoms with van der Waals surface area (Å²) >= 11 is 1.63. The first kappa shape index (κ1) is 17.1. The van der Waals surface area contributed by atoms with Crippen molar-refractivity contribution >= 4 is 27.5 Å². The molecule has 1 rings (SSSR count). The van der Waals surface area contributed by atoms with Gasteiger partial charge in [-0.05, 0) is 37.5 Å². The topological polar surface area (TPSA) is 72.2 Å². The average molecular weight is 314 g/mol. The van der Waals surface area contributed by atoms with Gasteiger partial charge in [-0.2, -0.15) is 11.8 Å². The fraction of sp³-hybridized carbons (Fsp3) is 0.429. The number of anilines is 1. The molecule has 6 heteroatoms. The second-order valence-corrected chi connectivity index (χ2v) is 7.49. The number of nitrogens with two attached hydrogens (primary N) is 1. The second kappa shape index (κ2) is 7.15. The van der Waals surface area contributed by atoms with Crippen LogP contribution in [0.4, 0.5) is 5.69 Å². The first-order valence-corrected chi connectivity index (χ1v) is 8.99. The smallest absolute Gasteiger partial charge is 0.241 e. The van der Waals surface area contributed by atoms with Crippen molar-refractivity contribution in [2.45, 2.75) is 25.7 Å². The van der Waals surface area contributed by atoms with E-state index in [-0.39, 0.29) is 0 Å². The Morgan fingerprint density at radius 1 is 1.35 bits per heavy atom. The zero-order valence-electron chi connectivity index (χ0n) is 12.2. The zero-order chi connectivity index (χ0) is 15.3. The van der Waals surface area contributed by atoms with Gasteiger partial charge in [0.15, 0.2) is 0 Å². The number of benzene rings is 1. The van der Waals surface area contributed by atoms with Crippen LogP contribution in [0.3, 0.4) is 0 Å². The Bertz CT molecular complexity index is 596. The summed E-state index contributed by atoms with van der Waals surface area (Å²) in [6.07, 6.45) is 1.80. The number of hydrogen-bond donors (Lipinski definition) is 2. The molecule has 0 aliphatic heterocycles. The van der Waals surface area contributed by atoms with Crippen molar-refractivity contribution in [3.8, 4) is 0 Å². The molecular weight excluding hydrogens is 292 g/mol. The number of nitrogens with one attached hydrogen (secondary N) is 1. The summed E-state index contributed by atoms with van der Waals surface area (Å²) in [6.45, 7) is 9.44. The number of sulfonamides is 1. The molecule has 0 spiro atoms. The van der Waals surface area contributed by atoms with Crippen LogP contribution in [0.1, 0.15) is 16.7 Å². The summed E-state index contributed by atoms with van der Waals surface area (Å²) in [6, 6.07) is 1.81. The van der Waals surface area contributed by atoms with E-state index in [9.17, 15) is 8.42 Å². The summed E-state index contributed by atoms with van der Waals surface area (Å²) in [5.41, 5.74) is 8.72. The Morgan fingerprint density at radius 2 is 2.00 bits per heavy atom. The largest absolute Gasteiger partial charge is 0.398 e. The Hall–Kier alpha value is -0.980. The van der Waals surface area contributed by atoms with Crippen LogP contribution < -0.4 is 10.5 Å². The van der Waals surface area contributed by atoms with E-state index in [0.717, 1.165) is 16.9 Å². The highest BCUT2D eigenvalue weighted by molar-refractivity contribution is 7.99. The third-order valence-corrected chi connectivity index (χ3v) is 5.72.